The maximum absolute atomic E-state index is 10.5. The summed E-state index contributed by atoms with van der Waals surface area (Å²) in [6, 6.07) is -0.431. The van der Waals surface area contributed by atoms with E-state index >= 15 is 0 Å². The average molecular weight is 217 g/mol. The van der Waals surface area contributed by atoms with Crippen molar-refractivity contribution in [1.29, 1.82) is 0 Å². The fourth-order valence-corrected chi connectivity index (χ4v) is 2.69. The fourth-order valence-electron chi connectivity index (χ4n) is 1.08. The van der Waals surface area contributed by atoms with Gasteiger partial charge in [0.1, 0.15) is 0 Å². The minimum atomic E-state index is -0.787. The van der Waals surface area contributed by atoms with E-state index in [1.807, 2.05) is 5.07 Å². The Kier molecular flexibility index (Phi) is 1.47. The zero-order valence-electron chi connectivity index (χ0n) is 5.57. The van der Waals surface area contributed by atoms with Gasteiger partial charge in [0, 0.05) is 0 Å². The van der Waals surface area contributed by atoms with Gasteiger partial charge in [0.15, 0.2) is 0 Å². The topological polar surface area (TPSA) is 62.2 Å². The molecular weight excluding hydrogens is 211 g/mol. The first-order valence-electron chi connectivity index (χ1n) is 3.19. The van der Waals surface area contributed by atoms with E-state index in [1.54, 1.807) is 0 Å². The maximum atomic E-state index is 10.5. The molecule has 0 spiro atoms. The van der Waals surface area contributed by atoms with Gasteiger partial charge in [-0.15, -0.1) is 0 Å². The van der Waals surface area contributed by atoms with Crippen LogP contribution < -0.4 is 5.32 Å². The van der Waals surface area contributed by atoms with Crippen molar-refractivity contribution >= 4 is 25.0 Å². The summed E-state index contributed by atoms with van der Waals surface area (Å²) in [5.41, 5.74) is 0.942. The molecule has 0 bridgehead atoms. The number of aliphatic carboxylic acids is 1. The third-order valence-electron chi connectivity index (χ3n) is 1.64. The van der Waals surface area contributed by atoms with Gasteiger partial charge >= 0.3 is 68.5 Å². The molecule has 1 aromatic heterocycles. The van der Waals surface area contributed by atoms with E-state index in [2.05, 4.69) is 10.3 Å². The third kappa shape index (κ3) is 1.06. The molecule has 0 aliphatic carbocycles. The summed E-state index contributed by atoms with van der Waals surface area (Å²) >= 11 is 0.250. The molecule has 1 unspecified atom stereocenters. The second-order valence-electron chi connectivity index (χ2n) is 2.37. The zero-order valence-corrected chi connectivity index (χ0v) is 7.29. The van der Waals surface area contributed by atoms with Crippen LogP contribution in [0, 0.1) is 0 Å². The van der Waals surface area contributed by atoms with Gasteiger partial charge in [-0.3, -0.25) is 0 Å². The van der Waals surface area contributed by atoms with Crippen LogP contribution in [0.1, 0.15) is 5.69 Å². The van der Waals surface area contributed by atoms with Crippen molar-refractivity contribution in [2.45, 2.75) is 12.5 Å². The van der Waals surface area contributed by atoms with Crippen molar-refractivity contribution in [3.05, 3.63) is 10.8 Å². The average Bonchev–Trinajstić information content (AvgIpc) is 2.40. The van der Waals surface area contributed by atoms with Gasteiger partial charge in [0.05, 0.1) is 0 Å². The van der Waals surface area contributed by atoms with E-state index < -0.39 is 12.0 Å². The van der Waals surface area contributed by atoms with Crippen LogP contribution in [0.15, 0.2) is 5.07 Å². The molecule has 1 aromatic rings. The van der Waals surface area contributed by atoms with Crippen LogP contribution >= 0.6 is 0 Å². The van der Waals surface area contributed by atoms with Crippen LogP contribution in [0.3, 0.4) is 0 Å². The Balaban J connectivity index is 2.22. The van der Waals surface area contributed by atoms with E-state index in [4.69, 9.17) is 5.11 Å². The second kappa shape index (κ2) is 2.36. The van der Waals surface area contributed by atoms with E-state index in [9.17, 15) is 4.79 Å². The molecule has 2 heterocycles. The molecule has 0 saturated heterocycles. The van der Waals surface area contributed by atoms with Crippen molar-refractivity contribution in [2.24, 2.45) is 0 Å². The molecule has 0 fully saturated rings. The molecule has 11 heavy (non-hydrogen) atoms. The number of hydrogen-bond acceptors (Lipinski definition) is 3. The molecule has 1 aliphatic rings. The molecule has 0 amide bonds. The Morgan fingerprint density at radius 2 is 2.73 bits per heavy atom. The number of carbonyl (C=O) groups is 1. The summed E-state index contributed by atoms with van der Waals surface area (Å²) in [5, 5.41) is 13.4. The Morgan fingerprint density at radius 3 is 3.36 bits per heavy atom. The van der Waals surface area contributed by atoms with Gasteiger partial charge in [-0.1, -0.05) is 0 Å². The van der Waals surface area contributed by atoms with Gasteiger partial charge in [-0.2, -0.15) is 0 Å². The van der Waals surface area contributed by atoms with Crippen molar-refractivity contribution in [3.8, 4) is 0 Å². The van der Waals surface area contributed by atoms with E-state index in [-0.39, 0.29) is 14.5 Å². The summed E-state index contributed by atoms with van der Waals surface area (Å²) in [6.45, 7) is 0. The number of nitrogens with one attached hydrogen (secondary N) is 1. The number of nitrogens with zero attached hydrogens (tertiary/aromatic N) is 1. The summed E-state index contributed by atoms with van der Waals surface area (Å²) in [5.74, 6) is -0.787. The molecule has 4 nitrogen and oxygen atoms in total. The van der Waals surface area contributed by atoms with Crippen molar-refractivity contribution in [1.82, 2.24) is 4.98 Å². The summed E-state index contributed by atoms with van der Waals surface area (Å²) < 4.78 is 1.05. The quantitative estimate of drug-likeness (QED) is 0.626. The number of carboxylic acids is 1. The Bertz CT molecular complexity index is 276. The molecule has 1 aliphatic heterocycles. The molecule has 2 N–H and O–H groups in total. The van der Waals surface area contributed by atoms with Crippen LogP contribution in [0.2, 0.25) is 0 Å². The second-order valence-corrected chi connectivity index (χ2v) is 4.16. The predicted molar refractivity (Wildman–Crippen MR) is 39.9 cm³/mol. The van der Waals surface area contributed by atoms with E-state index in [0.717, 1.165) is 10.3 Å². The van der Waals surface area contributed by atoms with Crippen molar-refractivity contribution in [2.75, 3.05) is 5.32 Å². The first kappa shape index (κ1) is 6.88. The number of aromatic nitrogens is 1. The first-order chi connectivity index (χ1) is 5.27. The third-order valence-corrected chi connectivity index (χ3v) is 3.32. The molecule has 0 aromatic carbocycles. The van der Waals surface area contributed by atoms with Gasteiger partial charge in [-0.25, -0.2) is 0 Å². The monoisotopic (exact) mass is 218 g/mol. The van der Waals surface area contributed by atoms with E-state index in [0.29, 0.717) is 6.42 Å². The number of carboxylic acid groups (broad SMARTS) is 1. The van der Waals surface area contributed by atoms with Crippen molar-refractivity contribution in [3.63, 3.8) is 0 Å². The van der Waals surface area contributed by atoms with Crippen LogP contribution in [0.25, 0.3) is 0 Å². The molecule has 1 atom stereocenters. The van der Waals surface area contributed by atoms with Gasteiger partial charge in [0.25, 0.3) is 0 Å². The molecule has 5 heteroatoms. The van der Waals surface area contributed by atoms with Gasteiger partial charge in [-0.05, 0) is 0 Å². The summed E-state index contributed by atoms with van der Waals surface area (Å²) in [6.07, 6.45) is 0.545. The minimum absolute atomic E-state index is 0.250. The number of hydrogen-bond donors (Lipinski definition) is 2. The Hall–Kier alpha value is -0.801. The number of anilines is 1. The number of fused-ring (bicyclic) bond motifs is 1. The van der Waals surface area contributed by atoms with E-state index in [1.165, 1.54) is 0 Å². The van der Waals surface area contributed by atoms with Crippen LogP contribution in [-0.4, -0.2) is 36.6 Å². The Morgan fingerprint density at radius 1 is 1.91 bits per heavy atom. The van der Waals surface area contributed by atoms with Crippen LogP contribution in [0.4, 0.5) is 4.56 Å². The molecule has 0 saturated carbocycles. The van der Waals surface area contributed by atoms with Crippen LogP contribution in [0.5, 0.6) is 0 Å². The normalized spacial score (nSPS) is 20.9. The fraction of sp³-hybridized carbons (Fsp3) is 0.333. The van der Waals surface area contributed by atoms with Gasteiger partial charge < -0.3 is 0 Å². The summed E-state index contributed by atoms with van der Waals surface area (Å²) in [4.78, 5) is 14.6. The SMILES string of the molecule is O=C(O)C1Cc2nc[se]c2N1. The summed E-state index contributed by atoms with van der Waals surface area (Å²) in [7, 11) is 0. The predicted octanol–water partition coefficient (Wildman–Crippen LogP) is -0.440. The first-order valence-corrected chi connectivity index (χ1v) is 5.03. The zero-order chi connectivity index (χ0) is 7.84. The van der Waals surface area contributed by atoms with Gasteiger partial charge in [0.2, 0.25) is 0 Å². The van der Waals surface area contributed by atoms with Crippen LogP contribution in [-0.2, 0) is 11.2 Å². The van der Waals surface area contributed by atoms with Crippen molar-refractivity contribution < 1.29 is 9.90 Å². The number of rotatable bonds is 1. The standard InChI is InChI=1S/C6H6N2O2Se/c9-6(10)4-1-3-5(8-4)11-2-7-3/h2,4,8H,1H2,(H,9,10). The molecule has 0 radical (unpaired) electrons. The molecule has 2 rings (SSSR count). The molecular formula is C6H6N2O2Se. The Labute approximate surface area is 69.0 Å². The molecule has 58 valence electrons.